The highest BCUT2D eigenvalue weighted by Crippen LogP contribution is 2.17. The average molecular weight is 244 g/mol. The Labute approximate surface area is 102 Å². The maximum Gasteiger partial charge on any atom is 0.222 e. The summed E-state index contributed by atoms with van der Waals surface area (Å²) in [6.07, 6.45) is 4.47. The van der Waals surface area contributed by atoms with E-state index in [1.807, 2.05) is 0 Å². The number of nitrogens with zero attached hydrogens (tertiary/aromatic N) is 1. The van der Waals surface area contributed by atoms with E-state index < -0.39 is 0 Å². The topological polar surface area (TPSA) is 55.6 Å². The maximum absolute atomic E-state index is 11.7. The van der Waals surface area contributed by atoms with Crippen molar-refractivity contribution in [2.45, 2.75) is 38.2 Å². The predicted octanol–water partition coefficient (Wildman–Crippen LogP) is 1.08. The molecule has 16 heavy (non-hydrogen) atoms. The van der Waals surface area contributed by atoms with Crippen molar-refractivity contribution in [1.29, 1.82) is 0 Å². The van der Waals surface area contributed by atoms with Gasteiger partial charge in [-0.3, -0.25) is 4.79 Å². The maximum atomic E-state index is 11.7. The first-order valence-electron chi connectivity index (χ1n) is 5.73. The van der Waals surface area contributed by atoms with Gasteiger partial charge >= 0.3 is 0 Å². The van der Waals surface area contributed by atoms with Gasteiger partial charge in [-0.15, -0.1) is 0 Å². The molecule has 92 valence electrons. The lowest BCUT2D eigenvalue weighted by Crippen LogP contribution is -2.30. The van der Waals surface area contributed by atoms with Crippen molar-refractivity contribution < 1.29 is 9.53 Å². The number of carbonyl (C=O) groups is 1. The molecule has 0 aromatic rings. The van der Waals surface area contributed by atoms with Gasteiger partial charge in [0.05, 0.1) is 11.1 Å². The van der Waals surface area contributed by atoms with Crippen LogP contribution in [-0.2, 0) is 9.53 Å². The number of thiocarbonyl (C=S) groups is 1. The standard InChI is InChI=1S/C11H20N2O2S/c1-13(7-6-10(12)16)11(14)5-4-9-3-2-8-15-9/h9H,2-8H2,1H3,(H2,12,16). The van der Waals surface area contributed by atoms with Crippen LogP contribution in [0.15, 0.2) is 0 Å². The largest absolute Gasteiger partial charge is 0.393 e. The van der Waals surface area contributed by atoms with Gasteiger partial charge in [0.15, 0.2) is 0 Å². The van der Waals surface area contributed by atoms with Crippen LogP contribution in [0.25, 0.3) is 0 Å². The number of hydrogen-bond acceptors (Lipinski definition) is 3. The Morgan fingerprint density at radius 2 is 2.31 bits per heavy atom. The monoisotopic (exact) mass is 244 g/mol. The fourth-order valence-corrected chi connectivity index (χ4v) is 1.84. The van der Waals surface area contributed by atoms with Crippen molar-refractivity contribution in [3.8, 4) is 0 Å². The number of nitrogens with two attached hydrogens (primary N) is 1. The molecule has 0 aromatic carbocycles. The molecular formula is C11H20N2O2S. The molecule has 0 saturated carbocycles. The molecular weight excluding hydrogens is 224 g/mol. The number of amides is 1. The van der Waals surface area contributed by atoms with Gasteiger partial charge in [-0.1, -0.05) is 12.2 Å². The molecule has 0 aromatic heterocycles. The highest BCUT2D eigenvalue weighted by Gasteiger charge is 2.17. The van der Waals surface area contributed by atoms with E-state index in [2.05, 4.69) is 0 Å². The second-order valence-corrected chi connectivity index (χ2v) is 4.73. The zero-order valence-electron chi connectivity index (χ0n) is 9.78. The molecule has 0 bridgehead atoms. The predicted molar refractivity (Wildman–Crippen MR) is 67.2 cm³/mol. The molecule has 0 spiro atoms. The SMILES string of the molecule is CN(CCC(N)=S)C(=O)CCC1CCCO1. The quantitative estimate of drug-likeness (QED) is 0.710. The van der Waals surface area contributed by atoms with E-state index in [4.69, 9.17) is 22.7 Å². The van der Waals surface area contributed by atoms with Crippen LogP contribution in [0, 0.1) is 0 Å². The van der Waals surface area contributed by atoms with Gasteiger partial charge < -0.3 is 15.4 Å². The first kappa shape index (κ1) is 13.4. The van der Waals surface area contributed by atoms with E-state index in [-0.39, 0.29) is 12.0 Å². The van der Waals surface area contributed by atoms with Gasteiger partial charge in [0, 0.05) is 33.0 Å². The molecule has 1 unspecified atom stereocenters. The Morgan fingerprint density at radius 3 is 2.88 bits per heavy atom. The van der Waals surface area contributed by atoms with E-state index in [0.29, 0.717) is 24.4 Å². The van der Waals surface area contributed by atoms with E-state index in [0.717, 1.165) is 25.9 Å². The molecule has 1 atom stereocenters. The third-order valence-corrected chi connectivity index (χ3v) is 3.03. The van der Waals surface area contributed by atoms with Crippen LogP contribution in [0.3, 0.4) is 0 Å². The zero-order valence-corrected chi connectivity index (χ0v) is 10.6. The molecule has 1 aliphatic heterocycles. The van der Waals surface area contributed by atoms with Crippen molar-refractivity contribution in [3.05, 3.63) is 0 Å². The summed E-state index contributed by atoms with van der Waals surface area (Å²) in [7, 11) is 1.79. The Morgan fingerprint density at radius 1 is 1.56 bits per heavy atom. The van der Waals surface area contributed by atoms with Crippen LogP contribution >= 0.6 is 12.2 Å². The second-order valence-electron chi connectivity index (χ2n) is 4.21. The van der Waals surface area contributed by atoms with Crippen molar-refractivity contribution in [2.75, 3.05) is 20.2 Å². The smallest absolute Gasteiger partial charge is 0.222 e. The lowest BCUT2D eigenvalue weighted by molar-refractivity contribution is -0.130. The van der Waals surface area contributed by atoms with E-state index in [9.17, 15) is 4.79 Å². The minimum absolute atomic E-state index is 0.145. The van der Waals surface area contributed by atoms with Crippen molar-refractivity contribution in [1.82, 2.24) is 4.90 Å². The molecule has 1 rings (SSSR count). The molecule has 2 N–H and O–H groups in total. The summed E-state index contributed by atoms with van der Waals surface area (Å²) in [5, 5.41) is 0. The molecule has 5 heteroatoms. The van der Waals surface area contributed by atoms with Gasteiger partial charge in [-0.25, -0.2) is 0 Å². The number of carbonyl (C=O) groups excluding carboxylic acids is 1. The van der Waals surface area contributed by atoms with Gasteiger partial charge in [0.1, 0.15) is 0 Å². The minimum atomic E-state index is 0.145. The molecule has 1 heterocycles. The first-order chi connectivity index (χ1) is 7.59. The molecule has 4 nitrogen and oxygen atoms in total. The van der Waals surface area contributed by atoms with Crippen LogP contribution in [0.4, 0.5) is 0 Å². The highest BCUT2D eigenvalue weighted by molar-refractivity contribution is 7.80. The van der Waals surface area contributed by atoms with Gasteiger partial charge in [-0.2, -0.15) is 0 Å². The van der Waals surface area contributed by atoms with E-state index in [1.165, 1.54) is 0 Å². The average Bonchev–Trinajstić information content (AvgIpc) is 2.75. The summed E-state index contributed by atoms with van der Waals surface area (Å²) in [6.45, 7) is 1.45. The van der Waals surface area contributed by atoms with Crippen molar-refractivity contribution in [3.63, 3.8) is 0 Å². The van der Waals surface area contributed by atoms with Crippen LogP contribution < -0.4 is 5.73 Å². The molecule has 1 amide bonds. The van der Waals surface area contributed by atoms with Gasteiger partial charge in [-0.05, 0) is 19.3 Å². The van der Waals surface area contributed by atoms with Crippen LogP contribution in [0.1, 0.15) is 32.1 Å². The number of rotatable bonds is 6. The summed E-state index contributed by atoms with van der Waals surface area (Å²) in [4.78, 5) is 13.8. The molecule has 1 saturated heterocycles. The minimum Gasteiger partial charge on any atom is -0.393 e. The zero-order chi connectivity index (χ0) is 12.0. The lowest BCUT2D eigenvalue weighted by atomic mass is 10.1. The van der Waals surface area contributed by atoms with E-state index in [1.54, 1.807) is 11.9 Å². The van der Waals surface area contributed by atoms with Gasteiger partial charge in [0.25, 0.3) is 0 Å². The summed E-state index contributed by atoms with van der Waals surface area (Å²) in [6, 6.07) is 0. The third kappa shape index (κ3) is 4.90. The number of hydrogen-bond donors (Lipinski definition) is 1. The summed E-state index contributed by atoms with van der Waals surface area (Å²) < 4.78 is 5.47. The van der Waals surface area contributed by atoms with Crippen LogP contribution in [0.5, 0.6) is 0 Å². The third-order valence-electron chi connectivity index (χ3n) is 2.82. The Hall–Kier alpha value is -0.680. The van der Waals surface area contributed by atoms with Crippen molar-refractivity contribution in [2.24, 2.45) is 5.73 Å². The van der Waals surface area contributed by atoms with Crippen LogP contribution in [0.2, 0.25) is 0 Å². The molecule has 0 aliphatic carbocycles. The summed E-state index contributed by atoms with van der Waals surface area (Å²) in [5.74, 6) is 0.145. The summed E-state index contributed by atoms with van der Waals surface area (Å²) in [5.41, 5.74) is 5.39. The lowest BCUT2D eigenvalue weighted by Gasteiger charge is -2.17. The summed E-state index contributed by atoms with van der Waals surface area (Å²) >= 11 is 4.77. The number of ether oxygens (including phenoxy) is 1. The molecule has 1 aliphatic rings. The van der Waals surface area contributed by atoms with Crippen molar-refractivity contribution >= 4 is 23.1 Å². The second kappa shape index (κ2) is 6.81. The molecule has 0 radical (unpaired) electrons. The highest BCUT2D eigenvalue weighted by atomic mass is 32.1. The van der Waals surface area contributed by atoms with Gasteiger partial charge in [0.2, 0.25) is 5.91 Å². The Balaban J connectivity index is 2.15. The fourth-order valence-electron chi connectivity index (χ4n) is 1.75. The van der Waals surface area contributed by atoms with Crippen LogP contribution in [-0.4, -0.2) is 42.1 Å². The Bertz CT molecular complexity index is 252. The van der Waals surface area contributed by atoms with E-state index >= 15 is 0 Å². The first-order valence-corrected chi connectivity index (χ1v) is 6.14. The normalized spacial score (nSPS) is 19.7. The fraction of sp³-hybridized carbons (Fsp3) is 0.818. The Kier molecular flexibility index (Phi) is 5.69. The molecule has 1 fully saturated rings.